The van der Waals surface area contributed by atoms with Crippen molar-refractivity contribution in [3.05, 3.63) is 114 Å². The van der Waals surface area contributed by atoms with Crippen LogP contribution in [0.4, 0.5) is 4.79 Å². The zero-order valence-corrected chi connectivity index (χ0v) is 29.8. The number of esters is 1. The molecule has 1 saturated heterocycles. The fraction of sp³-hybridized carbons (Fsp3) is 0.308. The van der Waals surface area contributed by atoms with Crippen molar-refractivity contribution >= 4 is 33.2 Å². The lowest BCUT2D eigenvalue weighted by Crippen LogP contribution is -2.40. The molecule has 0 saturated carbocycles. The first-order chi connectivity index (χ1) is 23.9. The maximum Gasteiger partial charge on any atom is 0.409 e. The number of carbonyl (C=O) groups is 2. The van der Waals surface area contributed by atoms with Crippen molar-refractivity contribution in [3.63, 3.8) is 0 Å². The smallest absolute Gasteiger partial charge is 0.409 e. The Labute approximate surface area is 295 Å². The monoisotopic (exact) mass is 710 g/mol. The van der Waals surface area contributed by atoms with E-state index < -0.39 is 32.2 Å². The van der Waals surface area contributed by atoms with E-state index in [-0.39, 0.29) is 44.2 Å². The summed E-state index contributed by atoms with van der Waals surface area (Å²) < 4.78 is 44.1. The number of nitrogens with zero attached hydrogens (tertiary/aromatic N) is 2. The van der Waals surface area contributed by atoms with Crippen molar-refractivity contribution in [2.45, 2.75) is 49.9 Å². The summed E-state index contributed by atoms with van der Waals surface area (Å²) in [7, 11) is -3.97. The van der Waals surface area contributed by atoms with Crippen molar-refractivity contribution in [2.24, 2.45) is 0 Å². The van der Waals surface area contributed by atoms with Gasteiger partial charge in [0, 0.05) is 34.3 Å². The quantitative estimate of drug-likeness (QED) is 0.156. The summed E-state index contributed by atoms with van der Waals surface area (Å²) in [5.74, 6) is -0.408. The third-order valence-corrected chi connectivity index (χ3v) is 13.3. The molecular weight excluding hydrogens is 673 g/mol. The Bertz CT molecular complexity index is 2090. The van der Waals surface area contributed by atoms with Crippen LogP contribution in [0.5, 0.6) is 0 Å². The van der Waals surface area contributed by atoms with Gasteiger partial charge in [-0.1, -0.05) is 72.8 Å². The molecule has 1 aliphatic heterocycles. The molecule has 1 amide bonds. The average molecular weight is 711 g/mol. The first-order valence-electron chi connectivity index (χ1n) is 16.6. The van der Waals surface area contributed by atoms with Gasteiger partial charge in [0.05, 0.1) is 18.4 Å². The first kappa shape index (κ1) is 33.7. The highest BCUT2D eigenvalue weighted by atomic mass is 32.2. The minimum absolute atomic E-state index is 0.0170. The van der Waals surface area contributed by atoms with E-state index in [0.29, 0.717) is 10.6 Å². The third-order valence-electron chi connectivity index (χ3n) is 9.40. The number of hydrogen-bond acceptors (Lipinski definition) is 9. The Morgan fingerprint density at radius 2 is 1.58 bits per heavy atom. The van der Waals surface area contributed by atoms with Crippen LogP contribution in [0.3, 0.4) is 0 Å². The van der Waals surface area contributed by atoms with Crippen molar-refractivity contribution in [3.8, 4) is 32.9 Å². The van der Waals surface area contributed by atoms with E-state index in [4.69, 9.17) is 13.9 Å². The summed E-state index contributed by atoms with van der Waals surface area (Å²) in [5.41, 5.74) is 5.39. The molecule has 50 heavy (non-hydrogen) atoms. The maximum absolute atomic E-state index is 14.4. The van der Waals surface area contributed by atoms with Gasteiger partial charge in [-0.25, -0.2) is 18.2 Å². The molecule has 0 N–H and O–H groups in total. The number of sulfone groups is 1. The number of amides is 1. The molecule has 1 atom stereocenters. The van der Waals surface area contributed by atoms with Crippen LogP contribution in [0.25, 0.3) is 32.9 Å². The van der Waals surface area contributed by atoms with Crippen molar-refractivity contribution in [1.82, 2.24) is 9.88 Å². The van der Waals surface area contributed by atoms with E-state index >= 15 is 0 Å². The number of benzene rings is 3. The molecule has 1 unspecified atom stereocenters. The maximum atomic E-state index is 14.4. The van der Waals surface area contributed by atoms with Crippen molar-refractivity contribution in [1.29, 1.82) is 0 Å². The predicted molar refractivity (Wildman–Crippen MR) is 192 cm³/mol. The zero-order valence-electron chi connectivity index (χ0n) is 28.1. The Hall–Kier alpha value is -4.74. The number of rotatable bonds is 7. The lowest BCUT2D eigenvalue weighted by atomic mass is 9.97. The minimum Gasteiger partial charge on any atom is -0.460 e. The highest BCUT2D eigenvalue weighted by Crippen LogP contribution is 2.47. The lowest BCUT2D eigenvalue weighted by molar-refractivity contribution is -0.155. The second-order valence-corrected chi connectivity index (χ2v) is 17.2. The van der Waals surface area contributed by atoms with Gasteiger partial charge in [-0.15, -0.1) is 11.3 Å². The summed E-state index contributed by atoms with van der Waals surface area (Å²) in [4.78, 5) is 33.8. The molecule has 3 heterocycles. The predicted octanol–water partition coefficient (Wildman–Crippen LogP) is 8.07. The number of oxazole rings is 1. The average Bonchev–Trinajstić information content (AvgIpc) is 3.85. The Morgan fingerprint density at radius 1 is 0.920 bits per heavy atom. The van der Waals surface area contributed by atoms with Crippen LogP contribution in [0.2, 0.25) is 0 Å². The molecule has 1 aliphatic carbocycles. The van der Waals surface area contributed by atoms with Crippen LogP contribution in [-0.2, 0) is 28.9 Å². The highest BCUT2D eigenvalue weighted by molar-refractivity contribution is 7.92. The molecule has 2 aromatic heterocycles. The van der Waals surface area contributed by atoms with Gasteiger partial charge in [0.15, 0.2) is 22.0 Å². The van der Waals surface area contributed by atoms with Gasteiger partial charge in [0.25, 0.3) is 0 Å². The van der Waals surface area contributed by atoms with Gasteiger partial charge < -0.3 is 18.8 Å². The number of ether oxygens (including phenoxy) is 2. The Kier molecular flexibility index (Phi) is 8.90. The van der Waals surface area contributed by atoms with Crippen LogP contribution in [0.1, 0.15) is 55.5 Å². The van der Waals surface area contributed by atoms with Gasteiger partial charge in [-0.05, 0) is 67.1 Å². The normalized spacial score (nSPS) is 18.6. The van der Waals surface area contributed by atoms with E-state index in [1.165, 1.54) is 22.6 Å². The molecule has 7 rings (SSSR count). The van der Waals surface area contributed by atoms with E-state index in [1.807, 2.05) is 54.6 Å². The van der Waals surface area contributed by atoms with Gasteiger partial charge in [-0.2, -0.15) is 0 Å². The van der Waals surface area contributed by atoms with Gasteiger partial charge in [0.2, 0.25) is 0 Å². The van der Waals surface area contributed by atoms with Crippen LogP contribution >= 0.6 is 11.3 Å². The fourth-order valence-electron chi connectivity index (χ4n) is 6.94. The molecule has 3 aromatic carbocycles. The number of carbonyl (C=O) groups excluding carboxylic acids is 2. The Balaban J connectivity index is 1.14. The molecule has 0 radical (unpaired) electrons. The molecular formula is C39H38N2O7S2. The number of thiophene rings is 1. The number of hydrogen-bond donors (Lipinski definition) is 0. The third kappa shape index (κ3) is 6.47. The molecule has 0 bridgehead atoms. The number of fused-ring (bicyclic) bond motifs is 3. The number of aromatic nitrogens is 1. The van der Waals surface area contributed by atoms with Gasteiger partial charge >= 0.3 is 12.1 Å². The molecule has 5 aromatic rings. The highest BCUT2D eigenvalue weighted by Gasteiger charge is 2.51. The summed E-state index contributed by atoms with van der Waals surface area (Å²) in [6, 6.07) is 27.6. The largest absolute Gasteiger partial charge is 0.460 e. The van der Waals surface area contributed by atoms with Crippen molar-refractivity contribution < 1.29 is 31.9 Å². The van der Waals surface area contributed by atoms with E-state index in [0.717, 1.165) is 38.3 Å². The van der Waals surface area contributed by atoms with E-state index in [2.05, 4.69) is 29.2 Å². The van der Waals surface area contributed by atoms with Crippen LogP contribution < -0.4 is 0 Å². The fourth-order valence-corrected chi connectivity index (χ4v) is 10.5. The molecule has 9 nitrogen and oxygen atoms in total. The van der Waals surface area contributed by atoms with Crippen molar-refractivity contribution in [2.75, 3.05) is 25.4 Å². The van der Waals surface area contributed by atoms with E-state index in [9.17, 15) is 18.0 Å². The first-order valence-corrected chi connectivity index (χ1v) is 19.0. The van der Waals surface area contributed by atoms with Gasteiger partial charge in [0.1, 0.15) is 17.0 Å². The summed E-state index contributed by atoms with van der Waals surface area (Å²) in [6.45, 7) is 5.44. The minimum atomic E-state index is -3.97. The molecule has 0 spiro atoms. The van der Waals surface area contributed by atoms with Crippen LogP contribution in [0.15, 0.2) is 102 Å². The molecule has 258 valence electrons. The molecule has 11 heteroatoms. The summed E-state index contributed by atoms with van der Waals surface area (Å²) in [5, 5.41) is 0. The SMILES string of the molecule is CC(C)(C)OC(=O)CC1(c2ccc(-c3ccc(-c4cnco4)cc3)s2)CCN(C(=O)OCC2c3ccccc3-c3ccccc32)CCS1(=O)=O. The topological polar surface area (TPSA) is 116 Å². The Morgan fingerprint density at radius 3 is 2.22 bits per heavy atom. The van der Waals surface area contributed by atoms with Crippen LogP contribution in [0, 0.1) is 0 Å². The lowest BCUT2D eigenvalue weighted by Gasteiger charge is -2.31. The zero-order chi connectivity index (χ0) is 35.1. The summed E-state index contributed by atoms with van der Waals surface area (Å²) >= 11 is 1.33. The molecule has 1 fully saturated rings. The molecule has 2 aliphatic rings. The van der Waals surface area contributed by atoms with Crippen LogP contribution in [-0.4, -0.2) is 61.4 Å². The van der Waals surface area contributed by atoms with Gasteiger partial charge in [-0.3, -0.25) is 4.79 Å². The standard InChI is InChI=1S/C39H38N2O7S2/c1-38(2,3)48-36(42)22-39(35-17-16-34(49-35)27-14-12-26(13-15-27)33-23-40-25-47-33)18-19-41(20-21-50(39,44)45)37(43)46-24-32-30-10-6-4-8-28(30)29-9-5-7-11-31(29)32/h4-17,23,25,32H,18-22,24H2,1-3H3. The second kappa shape index (κ2) is 13.2. The van der Waals surface area contributed by atoms with E-state index in [1.54, 1.807) is 33.0 Å². The second-order valence-electron chi connectivity index (χ2n) is 13.7. The summed E-state index contributed by atoms with van der Waals surface area (Å²) in [6.07, 6.45) is 2.09.